The number of carbonyl (C=O) groups excluding carboxylic acids is 1. The smallest absolute Gasteiger partial charge is 0.185 e. The summed E-state index contributed by atoms with van der Waals surface area (Å²) in [6, 6.07) is 8.52. The maximum atomic E-state index is 12.2. The van der Waals surface area contributed by atoms with Gasteiger partial charge in [-0.05, 0) is 49.1 Å². The SMILES string of the molecule is CC1CCN(c2cc(-c3ccc(C=O)o3)ccc2S(C)(=O)=O)CC1. The number of piperidine rings is 1. The fraction of sp³-hybridized carbons (Fsp3) is 0.389. The molecule has 0 radical (unpaired) electrons. The fourth-order valence-electron chi connectivity index (χ4n) is 3.05. The van der Waals surface area contributed by atoms with Gasteiger partial charge in [0.15, 0.2) is 21.9 Å². The molecular formula is C18H21NO4S. The van der Waals surface area contributed by atoms with Gasteiger partial charge in [-0.3, -0.25) is 4.79 Å². The number of anilines is 1. The number of nitrogens with zero attached hydrogens (tertiary/aromatic N) is 1. The summed E-state index contributed by atoms with van der Waals surface area (Å²) in [5, 5.41) is 0. The van der Waals surface area contributed by atoms with E-state index in [0.29, 0.717) is 28.5 Å². The van der Waals surface area contributed by atoms with Gasteiger partial charge in [0.25, 0.3) is 0 Å². The Kier molecular flexibility index (Phi) is 4.49. The van der Waals surface area contributed by atoms with E-state index in [2.05, 4.69) is 11.8 Å². The minimum atomic E-state index is -3.32. The van der Waals surface area contributed by atoms with Gasteiger partial charge in [-0.25, -0.2) is 8.42 Å². The van der Waals surface area contributed by atoms with Crippen molar-refractivity contribution in [2.45, 2.75) is 24.7 Å². The number of furan rings is 1. The highest BCUT2D eigenvalue weighted by Crippen LogP contribution is 2.34. The van der Waals surface area contributed by atoms with Crippen LogP contribution in [0, 0.1) is 5.92 Å². The summed E-state index contributed by atoms with van der Waals surface area (Å²) >= 11 is 0. The Morgan fingerprint density at radius 3 is 2.46 bits per heavy atom. The highest BCUT2D eigenvalue weighted by Gasteiger charge is 2.23. The lowest BCUT2D eigenvalue weighted by Gasteiger charge is -2.33. The molecule has 0 unspecified atom stereocenters. The predicted molar refractivity (Wildman–Crippen MR) is 93.3 cm³/mol. The molecule has 1 fully saturated rings. The normalized spacial score (nSPS) is 16.3. The number of sulfone groups is 1. The van der Waals surface area contributed by atoms with Gasteiger partial charge in [0.1, 0.15) is 5.76 Å². The molecular weight excluding hydrogens is 326 g/mol. The van der Waals surface area contributed by atoms with Gasteiger partial charge < -0.3 is 9.32 Å². The van der Waals surface area contributed by atoms with Crippen LogP contribution in [0.5, 0.6) is 0 Å². The third kappa shape index (κ3) is 3.38. The number of hydrogen-bond acceptors (Lipinski definition) is 5. The van der Waals surface area contributed by atoms with Gasteiger partial charge in [-0.1, -0.05) is 6.92 Å². The number of aldehydes is 1. The second-order valence-corrected chi connectivity index (χ2v) is 8.43. The summed E-state index contributed by atoms with van der Waals surface area (Å²) in [5.74, 6) is 1.47. The minimum Gasteiger partial charge on any atom is -0.453 e. The van der Waals surface area contributed by atoms with Crippen molar-refractivity contribution in [2.24, 2.45) is 5.92 Å². The van der Waals surface area contributed by atoms with Crippen molar-refractivity contribution in [1.82, 2.24) is 0 Å². The van der Waals surface area contributed by atoms with Crippen molar-refractivity contribution in [2.75, 3.05) is 24.2 Å². The van der Waals surface area contributed by atoms with Crippen LogP contribution in [0.1, 0.15) is 30.3 Å². The molecule has 0 N–H and O–H groups in total. The highest BCUT2D eigenvalue weighted by molar-refractivity contribution is 7.90. The van der Waals surface area contributed by atoms with Crippen molar-refractivity contribution in [3.8, 4) is 11.3 Å². The number of benzene rings is 1. The Morgan fingerprint density at radius 2 is 1.88 bits per heavy atom. The summed E-state index contributed by atoms with van der Waals surface area (Å²) in [7, 11) is -3.32. The summed E-state index contributed by atoms with van der Waals surface area (Å²) in [6.07, 6.45) is 3.98. The van der Waals surface area contributed by atoms with Gasteiger partial charge in [0, 0.05) is 24.9 Å². The third-order valence-electron chi connectivity index (χ3n) is 4.51. The second kappa shape index (κ2) is 6.43. The van der Waals surface area contributed by atoms with E-state index in [1.165, 1.54) is 6.26 Å². The van der Waals surface area contributed by atoms with Crippen molar-refractivity contribution in [1.29, 1.82) is 0 Å². The molecule has 1 saturated heterocycles. The molecule has 3 rings (SSSR count). The molecule has 1 aromatic heterocycles. The van der Waals surface area contributed by atoms with Crippen LogP contribution in [0.4, 0.5) is 5.69 Å². The van der Waals surface area contributed by atoms with Crippen LogP contribution >= 0.6 is 0 Å². The standard InChI is InChI=1S/C18H21NO4S/c1-13-7-9-19(10-8-13)16-11-14(3-6-18(16)24(2,21)22)17-5-4-15(12-20)23-17/h3-6,11-13H,7-10H2,1-2H3. The largest absolute Gasteiger partial charge is 0.453 e. The molecule has 6 heteroatoms. The lowest BCUT2D eigenvalue weighted by Crippen LogP contribution is -2.33. The van der Waals surface area contributed by atoms with E-state index in [1.54, 1.807) is 24.3 Å². The first-order valence-corrected chi connectivity index (χ1v) is 9.92. The second-order valence-electron chi connectivity index (χ2n) is 6.44. The number of rotatable bonds is 4. The first-order chi connectivity index (χ1) is 11.4. The first-order valence-electron chi connectivity index (χ1n) is 8.03. The average molecular weight is 347 g/mol. The first kappa shape index (κ1) is 16.8. The van der Waals surface area contributed by atoms with Crippen LogP contribution in [0.15, 0.2) is 39.6 Å². The van der Waals surface area contributed by atoms with Crippen LogP contribution in [-0.4, -0.2) is 34.0 Å². The van der Waals surface area contributed by atoms with Crippen LogP contribution in [0.25, 0.3) is 11.3 Å². The maximum Gasteiger partial charge on any atom is 0.185 e. The molecule has 2 heterocycles. The van der Waals surface area contributed by atoms with Crippen LogP contribution in [0.3, 0.4) is 0 Å². The Balaban J connectivity index is 2.05. The lowest BCUT2D eigenvalue weighted by molar-refractivity contribution is 0.110. The summed E-state index contributed by atoms with van der Waals surface area (Å²) in [6.45, 7) is 3.89. The van der Waals surface area contributed by atoms with Gasteiger partial charge in [-0.15, -0.1) is 0 Å². The molecule has 0 spiro atoms. The number of hydrogen-bond donors (Lipinski definition) is 0. The third-order valence-corrected chi connectivity index (χ3v) is 5.65. The Bertz CT molecular complexity index is 846. The average Bonchev–Trinajstić information content (AvgIpc) is 3.03. The highest BCUT2D eigenvalue weighted by atomic mass is 32.2. The van der Waals surface area contributed by atoms with Crippen LogP contribution < -0.4 is 4.90 Å². The maximum absolute atomic E-state index is 12.2. The minimum absolute atomic E-state index is 0.255. The topological polar surface area (TPSA) is 67.6 Å². The number of carbonyl (C=O) groups is 1. The van der Waals surface area contributed by atoms with E-state index < -0.39 is 9.84 Å². The van der Waals surface area contributed by atoms with Crippen molar-refractivity contribution in [3.05, 3.63) is 36.1 Å². The molecule has 1 aliphatic rings. The molecule has 24 heavy (non-hydrogen) atoms. The Labute approximate surface area is 142 Å². The summed E-state index contributed by atoms with van der Waals surface area (Å²) in [4.78, 5) is 13.3. The van der Waals surface area contributed by atoms with Crippen molar-refractivity contribution in [3.63, 3.8) is 0 Å². The van der Waals surface area contributed by atoms with Crippen LogP contribution in [0.2, 0.25) is 0 Å². The molecule has 0 bridgehead atoms. The zero-order valence-electron chi connectivity index (χ0n) is 13.9. The van der Waals surface area contributed by atoms with E-state index in [-0.39, 0.29) is 5.76 Å². The van der Waals surface area contributed by atoms with E-state index in [9.17, 15) is 13.2 Å². The lowest BCUT2D eigenvalue weighted by atomic mass is 9.98. The van der Waals surface area contributed by atoms with Gasteiger partial charge in [0.2, 0.25) is 0 Å². The Morgan fingerprint density at radius 1 is 1.17 bits per heavy atom. The summed E-state index contributed by atoms with van der Waals surface area (Å²) < 4.78 is 29.8. The van der Waals surface area contributed by atoms with Gasteiger partial charge in [0.05, 0.1) is 10.6 Å². The summed E-state index contributed by atoms with van der Waals surface area (Å²) in [5.41, 5.74) is 1.48. The molecule has 128 valence electrons. The zero-order valence-corrected chi connectivity index (χ0v) is 14.7. The molecule has 0 amide bonds. The molecule has 2 aromatic rings. The van der Waals surface area contributed by atoms with Gasteiger partial charge >= 0.3 is 0 Å². The molecule has 0 saturated carbocycles. The molecule has 5 nitrogen and oxygen atoms in total. The fourth-order valence-corrected chi connectivity index (χ4v) is 3.94. The molecule has 0 aliphatic carbocycles. The Hall–Kier alpha value is -2.08. The molecule has 1 aliphatic heterocycles. The van der Waals surface area contributed by atoms with Gasteiger partial charge in [-0.2, -0.15) is 0 Å². The zero-order chi connectivity index (χ0) is 17.3. The van der Waals surface area contributed by atoms with E-state index >= 15 is 0 Å². The molecule has 1 aromatic carbocycles. The van der Waals surface area contributed by atoms with Crippen LogP contribution in [-0.2, 0) is 9.84 Å². The quantitative estimate of drug-likeness (QED) is 0.793. The molecule has 0 atom stereocenters. The predicted octanol–water partition coefficient (Wildman–Crippen LogP) is 3.40. The van der Waals surface area contributed by atoms with E-state index in [0.717, 1.165) is 31.5 Å². The van der Waals surface area contributed by atoms with Crippen molar-refractivity contribution < 1.29 is 17.6 Å². The van der Waals surface area contributed by atoms with E-state index in [1.807, 2.05) is 6.07 Å². The monoisotopic (exact) mass is 347 g/mol. The van der Waals surface area contributed by atoms with Crippen molar-refractivity contribution >= 4 is 21.8 Å². The van der Waals surface area contributed by atoms with E-state index in [4.69, 9.17) is 4.42 Å².